The van der Waals surface area contributed by atoms with Gasteiger partial charge in [0, 0.05) is 5.56 Å². The number of hydrogen-bond acceptors (Lipinski definition) is 5. The molecule has 1 fully saturated rings. The van der Waals surface area contributed by atoms with E-state index in [-0.39, 0.29) is 6.09 Å². The Labute approximate surface area is 162 Å². The van der Waals surface area contributed by atoms with E-state index in [1.165, 1.54) is 0 Å². The number of rotatable bonds is 1. The first-order valence-corrected chi connectivity index (χ1v) is 9.47. The van der Waals surface area contributed by atoms with E-state index in [9.17, 15) is 4.79 Å². The Bertz CT molecular complexity index is 710. The van der Waals surface area contributed by atoms with Crippen molar-refractivity contribution in [3.63, 3.8) is 0 Å². The van der Waals surface area contributed by atoms with E-state index in [2.05, 4.69) is 0 Å². The molecule has 3 rings (SSSR count). The van der Waals surface area contributed by atoms with E-state index in [1.807, 2.05) is 66.7 Å². The summed E-state index contributed by atoms with van der Waals surface area (Å²) in [6.07, 6.45) is -0.325. The highest BCUT2D eigenvalue weighted by molar-refractivity contribution is 6.62. The van der Waals surface area contributed by atoms with E-state index >= 15 is 0 Å². The first kappa shape index (κ1) is 20.0. The van der Waals surface area contributed by atoms with Gasteiger partial charge in [0.05, 0.1) is 24.3 Å². The molecule has 0 radical (unpaired) electrons. The predicted molar refractivity (Wildman–Crippen MR) is 104 cm³/mol. The molecule has 0 N–H and O–H groups in total. The summed E-state index contributed by atoms with van der Waals surface area (Å²) in [5.74, 6) is 0.758. The summed E-state index contributed by atoms with van der Waals surface area (Å²) in [6.45, 7) is 15.1. The maximum atomic E-state index is 12.4. The quantitative estimate of drug-likeness (QED) is 0.706. The molecule has 1 saturated heterocycles. The largest absolute Gasteiger partial charge is 0.494 e. The molecule has 0 saturated carbocycles. The van der Waals surface area contributed by atoms with Gasteiger partial charge in [-0.1, -0.05) is 12.1 Å². The van der Waals surface area contributed by atoms with Crippen molar-refractivity contribution in [2.75, 3.05) is 13.2 Å². The van der Waals surface area contributed by atoms with E-state index in [1.54, 1.807) is 4.90 Å². The number of nitrogens with zero attached hydrogens (tertiary/aromatic N) is 1. The lowest BCUT2D eigenvalue weighted by molar-refractivity contribution is 0.00578. The van der Waals surface area contributed by atoms with Crippen LogP contribution in [0, 0.1) is 0 Å². The summed E-state index contributed by atoms with van der Waals surface area (Å²) >= 11 is 0. The third-order valence-electron chi connectivity index (χ3n) is 5.25. The Morgan fingerprint density at radius 1 is 1.15 bits per heavy atom. The summed E-state index contributed by atoms with van der Waals surface area (Å²) in [5.41, 5.74) is 0.558. The predicted octanol–water partition coefficient (Wildman–Crippen LogP) is 3.12. The number of hydrogen-bond donors (Lipinski definition) is 0. The zero-order chi connectivity index (χ0) is 20.0. The number of benzene rings is 1. The molecule has 0 atom stereocenters. The zero-order valence-electron chi connectivity index (χ0n) is 17.4. The lowest BCUT2D eigenvalue weighted by atomic mass is 9.78. The summed E-state index contributed by atoms with van der Waals surface area (Å²) in [7, 11) is -0.436. The third kappa shape index (κ3) is 4.24. The van der Waals surface area contributed by atoms with Crippen molar-refractivity contribution >= 4 is 18.7 Å². The normalized spacial score (nSPS) is 21.3. The van der Waals surface area contributed by atoms with Crippen LogP contribution in [0.1, 0.15) is 54.0 Å². The molecule has 2 aliphatic heterocycles. The second-order valence-electron chi connectivity index (χ2n) is 9.21. The number of carbonyl (C=O) groups is 1. The molecule has 0 spiro atoms. The minimum absolute atomic E-state index is 0.325. The van der Waals surface area contributed by atoms with Crippen LogP contribution in [0.15, 0.2) is 18.2 Å². The first-order chi connectivity index (χ1) is 12.4. The zero-order valence-corrected chi connectivity index (χ0v) is 17.4. The van der Waals surface area contributed by atoms with Crippen molar-refractivity contribution in [2.45, 2.75) is 71.8 Å². The molecule has 0 bridgehead atoms. The Morgan fingerprint density at radius 2 is 1.78 bits per heavy atom. The molecular weight excluding hydrogens is 345 g/mol. The van der Waals surface area contributed by atoms with Gasteiger partial charge in [-0.15, -0.1) is 0 Å². The Hall–Kier alpha value is -1.73. The van der Waals surface area contributed by atoms with Crippen molar-refractivity contribution in [1.82, 2.24) is 4.90 Å². The van der Waals surface area contributed by atoms with Crippen LogP contribution in [0.25, 0.3) is 0 Å². The third-order valence-corrected chi connectivity index (χ3v) is 5.25. The second-order valence-corrected chi connectivity index (χ2v) is 9.21. The average molecular weight is 375 g/mol. The first-order valence-electron chi connectivity index (χ1n) is 9.47. The topological polar surface area (TPSA) is 57.2 Å². The van der Waals surface area contributed by atoms with E-state index in [0.29, 0.717) is 19.7 Å². The van der Waals surface area contributed by atoms with E-state index < -0.39 is 23.9 Å². The molecule has 148 valence electrons. The van der Waals surface area contributed by atoms with Crippen molar-refractivity contribution in [3.8, 4) is 5.75 Å². The van der Waals surface area contributed by atoms with Crippen molar-refractivity contribution in [1.29, 1.82) is 0 Å². The van der Waals surface area contributed by atoms with Gasteiger partial charge in [0.2, 0.25) is 0 Å². The Morgan fingerprint density at radius 3 is 2.37 bits per heavy atom. The van der Waals surface area contributed by atoms with Crippen LogP contribution >= 0.6 is 0 Å². The van der Waals surface area contributed by atoms with Crippen LogP contribution in [-0.4, -0.2) is 48.1 Å². The summed E-state index contributed by atoms with van der Waals surface area (Å²) in [6, 6.07) is 5.90. The minimum atomic E-state index is -0.520. The Kier molecular flexibility index (Phi) is 4.97. The van der Waals surface area contributed by atoms with Crippen molar-refractivity contribution < 1.29 is 23.6 Å². The van der Waals surface area contributed by atoms with Gasteiger partial charge in [-0.05, 0) is 60.0 Å². The standard InChI is InChI=1S/C20H30BNO5/c1-18(2,3)25-17(23)22-10-11-24-16-12-15(9-8-14(16)13-22)21-26-19(4,5)20(6,7)27-21/h8-9,12H,10-11,13H2,1-7H3. The van der Waals surface area contributed by atoms with Crippen molar-refractivity contribution in [3.05, 3.63) is 23.8 Å². The van der Waals surface area contributed by atoms with Crippen LogP contribution in [-0.2, 0) is 20.6 Å². The fourth-order valence-corrected chi connectivity index (χ4v) is 2.99. The van der Waals surface area contributed by atoms with Gasteiger partial charge in [0.1, 0.15) is 18.0 Å². The van der Waals surface area contributed by atoms with Crippen LogP contribution in [0.5, 0.6) is 5.75 Å². The molecule has 2 heterocycles. The molecule has 7 heteroatoms. The van der Waals surface area contributed by atoms with Crippen LogP contribution in [0.3, 0.4) is 0 Å². The highest BCUT2D eigenvalue weighted by atomic mass is 16.7. The minimum Gasteiger partial charge on any atom is -0.491 e. The maximum absolute atomic E-state index is 12.4. The van der Waals surface area contributed by atoms with Crippen LogP contribution < -0.4 is 10.2 Å². The molecule has 6 nitrogen and oxygen atoms in total. The number of fused-ring (bicyclic) bond motifs is 1. The maximum Gasteiger partial charge on any atom is 0.494 e. The molecular formula is C20H30BNO5. The summed E-state index contributed by atoms with van der Waals surface area (Å²) < 4.78 is 23.6. The van der Waals surface area contributed by atoms with Gasteiger partial charge in [-0.25, -0.2) is 4.79 Å². The number of amides is 1. The van der Waals surface area contributed by atoms with Crippen molar-refractivity contribution in [2.24, 2.45) is 0 Å². The molecule has 0 unspecified atom stereocenters. The van der Waals surface area contributed by atoms with Gasteiger partial charge < -0.3 is 23.7 Å². The monoisotopic (exact) mass is 375 g/mol. The molecule has 1 amide bonds. The fraction of sp³-hybridized carbons (Fsp3) is 0.650. The summed E-state index contributed by atoms with van der Waals surface area (Å²) in [4.78, 5) is 14.1. The molecule has 0 aromatic heterocycles. The van der Waals surface area contributed by atoms with Gasteiger partial charge in [-0.2, -0.15) is 0 Å². The molecule has 27 heavy (non-hydrogen) atoms. The molecule has 1 aromatic carbocycles. The highest BCUT2D eigenvalue weighted by Crippen LogP contribution is 2.37. The SMILES string of the molecule is CC(C)(C)OC(=O)N1CCOc2cc(B3OC(C)(C)C(C)(C)O3)ccc2C1. The molecule has 2 aliphatic rings. The lowest BCUT2D eigenvalue weighted by Crippen LogP contribution is -2.41. The Balaban J connectivity index is 1.77. The second kappa shape index (κ2) is 6.71. The van der Waals surface area contributed by atoms with E-state index in [4.69, 9.17) is 18.8 Å². The lowest BCUT2D eigenvalue weighted by Gasteiger charge is -2.32. The molecule has 0 aliphatic carbocycles. The van der Waals surface area contributed by atoms with Gasteiger partial charge in [0.25, 0.3) is 0 Å². The van der Waals surface area contributed by atoms with Crippen LogP contribution in [0.2, 0.25) is 0 Å². The van der Waals surface area contributed by atoms with Gasteiger partial charge >= 0.3 is 13.2 Å². The van der Waals surface area contributed by atoms with Gasteiger partial charge in [0.15, 0.2) is 0 Å². The fourth-order valence-electron chi connectivity index (χ4n) is 2.99. The summed E-state index contributed by atoms with van der Waals surface area (Å²) in [5, 5.41) is 0. The van der Waals surface area contributed by atoms with E-state index in [0.717, 1.165) is 16.8 Å². The molecule has 1 aromatic rings. The number of ether oxygens (including phenoxy) is 2. The van der Waals surface area contributed by atoms with Crippen LogP contribution in [0.4, 0.5) is 4.79 Å². The van der Waals surface area contributed by atoms with Gasteiger partial charge in [-0.3, -0.25) is 0 Å². The number of carbonyl (C=O) groups excluding carboxylic acids is 1. The average Bonchev–Trinajstić information content (AvgIpc) is 2.68. The smallest absolute Gasteiger partial charge is 0.491 e. The highest BCUT2D eigenvalue weighted by Gasteiger charge is 2.51.